The molecule has 4 heteroatoms. The maximum atomic E-state index is 9.17. The predicted molar refractivity (Wildman–Crippen MR) is 83.4 cm³/mol. The SMILES string of the molecule is N#CC(C#N)=C(C#N)Nc1ccc(C2CC2)c2ccccc12. The van der Waals surface area contributed by atoms with E-state index in [0.29, 0.717) is 5.92 Å². The molecule has 0 aromatic heterocycles. The van der Waals surface area contributed by atoms with Crippen LogP contribution < -0.4 is 5.32 Å². The summed E-state index contributed by atoms with van der Waals surface area (Å²) in [7, 11) is 0. The first kappa shape index (κ1) is 13.7. The highest BCUT2D eigenvalue weighted by atomic mass is 14.9. The Morgan fingerprint density at radius 3 is 2.18 bits per heavy atom. The molecule has 0 heterocycles. The normalized spacial score (nSPS) is 12.8. The first-order chi connectivity index (χ1) is 10.8. The third-order valence-corrected chi connectivity index (χ3v) is 3.82. The van der Waals surface area contributed by atoms with Gasteiger partial charge in [-0.1, -0.05) is 30.3 Å². The zero-order valence-corrected chi connectivity index (χ0v) is 11.8. The van der Waals surface area contributed by atoms with Crippen LogP contribution >= 0.6 is 0 Å². The first-order valence-electron chi connectivity index (χ1n) is 7.01. The van der Waals surface area contributed by atoms with Gasteiger partial charge in [-0.05, 0) is 35.8 Å². The van der Waals surface area contributed by atoms with Crippen molar-refractivity contribution in [2.24, 2.45) is 0 Å². The minimum atomic E-state index is -0.210. The van der Waals surface area contributed by atoms with E-state index in [-0.39, 0.29) is 11.3 Å². The predicted octanol–water partition coefficient (Wildman–Crippen LogP) is 3.95. The molecule has 2 aromatic carbocycles. The number of hydrogen-bond donors (Lipinski definition) is 1. The summed E-state index contributed by atoms with van der Waals surface area (Å²) in [5.74, 6) is 0.624. The van der Waals surface area contributed by atoms with Crippen molar-refractivity contribution in [2.45, 2.75) is 18.8 Å². The second kappa shape index (κ2) is 5.60. The molecular weight excluding hydrogens is 272 g/mol. The Kier molecular flexibility index (Phi) is 3.48. The molecule has 2 aromatic rings. The van der Waals surface area contributed by atoms with E-state index in [0.717, 1.165) is 16.5 Å². The van der Waals surface area contributed by atoms with E-state index < -0.39 is 0 Å². The average molecular weight is 284 g/mol. The van der Waals surface area contributed by atoms with Crippen LogP contribution in [0.15, 0.2) is 47.7 Å². The van der Waals surface area contributed by atoms with E-state index in [1.165, 1.54) is 18.4 Å². The molecule has 22 heavy (non-hydrogen) atoms. The van der Waals surface area contributed by atoms with Gasteiger partial charge in [0.1, 0.15) is 23.9 Å². The van der Waals surface area contributed by atoms with E-state index in [9.17, 15) is 5.26 Å². The summed E-state index contributed by atoms with van der Waals surface area (Å²) >= 11 is 0. The van der Waals surface area contributed by atoms with E-state index in [4.69, 9.17) is 10.5 Å². The molecule has 0 bridgehead atoms. The molecule has 0 unspecified atom stereocenters. The van der Waals surface area contributed by atoms with Crippen LogP contribution in [0.3, 0.4) is 0 Å². The Hall–Kier alpha value is -3.29. The van der Waals surface area contributed by atoms with Gasteiger partial charge in [0.2, 0.25) is 0 Å². The van der Waals surface area contributed by atoms with Crippen LogP contribution in [-0.4, -0.2) is 0 Å². The van der Waals surface area contributed by atoms with Crippen LogP contribution in [0.2, 0.25) is 0 Å². The molecule has 1 N–H and O–H groups in total. The van der Waals surface area contributed by atoms with Crippen LogP contribution in [0.1, 0.15) is 24.3 Å². The van der Waals surface area contributed by atoms with Gasteiger partial charge in [0, 0.05) is 11.1 Å². The highest BCUT2D eigenvalue weighted by molar-refractivity contribution is 5.97. The lowest BCUT2D eigenvalue weighted by Gasteiger charge is -2.12. The highest BCUT2D eigenvalue weighted by Crippen LogP contribution is 2.44. The van der Waals surface area contributed by atoms with Crippen LogP contribution in [0.25, 0.3) is 10.8 Å². The number of hydrogen-bond acceptors (Lipinski definition) is 4. The maximum Gasteiger partial charge on any atom is 0.163 e. The third kappa shape index (κ3) is 2.37. The Bertz CT molecular complexity index is 883. The number of anilines is 1. The quantitative estimate of drug-likeness (QED) is 0.865. The van der Waals surface area contributed by atoms with Crippen molar-refractivity contribution >= 4 is 16.5 Å². The largest absolute Gasteiger partial charge is 0.345 e. The number of nitrogens with zero attached hydrogens (tertiary/aromatic N) is 3. The van der Waals surface area contributed by atoms with Gasteiger partial charge in [-0.2, -0.15) is 15.8 Å². The number of allylic oxidation sites excluding steroid dienone is 2. The lowest BCUT2D eigenvalue weighted by molar-refractivity contribution is 1.15. The van der Waals surface area contributed by atoms with Gasteiger partial charge in [-0.25, -0.2) is 0 Å². The van der Waals surface area contributed by atoms with Crippen molar-refractivity contribution in [1.82, 2.24) is 0 Å². The molecule has 104 valence electrons. The molecule has 1 aliphatic carbocycles. The average Bonchev–Trinajstić information content (AvgIpc) is 3.39. The van der Waals surface area contributed by atoms with Crippen LogP contribution in [0.5, 0.6) is 0 Å². The molecule has 0 saturated heterocycles. The first-order valence-corrected chi connectivity index (χ1v) is 7.01. The molecular formula is C18H12N4. The summed E-state index contributed by atoms with van der Waals surface area (Å²) in [4.78, 5) is 0. The van der Waals surface area contributed by atoms with Crippen molar-refractivity contribution in [3.8, 4) is 18.2 Å². The fourth-order valence-electron chi connectivity index (χ4n) is 2.60. The molecule has 1 saturated carbocycles. The van der Waals surface area contributed by atoms with Gasteiger partial charge in [-0.15, -0.1) is 0 Å². The maximum absolute atomic E-state index is 9.17. The molecule has 0 aliphatic heterocycles. The molecule has 0 spiro atoms. The summed E-state index contributed by atoms with van der Waals surface area (Å²) in [5, 5.41) is 32.1. The van der Waals surface area contributed by atoms with Gasteiger partial charge in [-0.3, -0.25) is 0 Å². The van der Waals surface area contributed by atoms with Gasteiger partial charge < -0.3 is 5.32 Å². The minimum Gasteiger partial charge on any atom is -0.345 e. The molecule has 4 nitrogen and oxygen atoms in total. The van der Waals surface area contributed by atoms with Crippen LogP contribution in [0.4, 0.5) is 5.69 Å². The van der Waals surface area contributed by atoms with Crippen molar-refractivity contribution in [3.63, 3.8) is 0 Å². The Balaban J connectivity index is 2.12. The van der Waals surface area contributed by atoms with Crippen LogP contribution in [-0.2, 0) is 0 Å². The van der Waals surface area contributed by atoms with Gasteiger partial charge in [0.15, 0.2) is 5.57 Å². The van der Waals surface area contributed by atoms with E-state index in [2.05, 4.69) is 17.4 Å². The lowest BCUT2D eigenvalue weighted by Crippen LogP contribution is -2.01. The Morgan fingerprint density at radius 1 is 0.909 bits per heavy atom. The summed E-state index contributed by atoms with van der Waals surface area (Å²) in [6.45, 7) is 0. The number of benzene rings is 2. The van der Waals surface area contributed by atoms with Gasteiger partial charge in [0.25, 0.3) is 0 Å². The second-order valence-corrected chi connectivity index (χ2v) is 5.23. The third-order valence-electron chi connectivity index (χ3n) is 3.82. The monoisotopic (exact) mass is 284 g/mol. The number of fused-ring (bicyclic) bond motifs is 1. The molecule has 0 atom stereocenters. The van der Waals surface area contributed by atoms with Crippen molar-refractivity contribution in [3.05, 3.63) is 53.2 Å². The van der Waals surface area contributed by atoms with Crippen molar-refractivity contribution in [1.29, 1.82) is 15.8 Å². The minimum absolute atomic E-state index is 0.0191. The number of nitrogens with one attached hydrogen (secondary N) is 1. The Morgan fingerprint density at radius 2 is 1.59 bits per heavy atom. The number of rotatable bonds is 3. The standard InChI is InChI=1S/C18H12N4/c19-9-13(10-20)18(11-21)22-17-8-7-14(12-5-6-12)15-3-1-2-4-16(15)17/h1-4,7-8,12,22H,5-6H2. The lowest BCUT2D eigenvalue weighted by atomic mass is 9.99. The number of nitriles is 3. The zero-order chi connectivity index (χ0) is 15.5. The van der Waals surface area contributed by atoms with E-state index in [1.54, 1.807) is 12.1 Å². The van der Waals surface area contributed by atoms with E-state index >= 15 is 0 Å². The summed E-state index contributed by atoms with van der Waals surface area (Å²) in [6, 6.07) is 17.3. The summed E-state index contributed by atoms with van der Waals surface area (Å²) in [6.07, 6.45) is 2.43. The second-order valence-electron chi connectivity index (χ2n) is 5.23. The molecule has 0 amide bonds. The van der Waals surface area contributed by atoms with Crippen LogP contribution in [0, 0.1) is 34.0 Å². The summed E-state index contributed by atoms with van der Waals surface area (Å²) < 4.78 is 0. The molecule has 3 rings (SSSR count). The van der Waals surface area contributed by atoms with Crippen molar-refractivity contribution < 1.29 is 0 Å². The zero-order valence-electron chi connectivity index (χ0n) is 11.8. The highest BCUT2D eigenvalue weighted by Gasteiger charge is 2.25. The van der Waals surface area contributed by atoms with Crippen molar-refractivity contribution in [2.75, 3.05) is 5.32 Å². The Labute approximate surface area is 128 Å². The van der Waals surface area contributed by atoms with Gasteiger partial charge >= 0.3 is 0 Å². The topological polar surface area (TPSA) is 83.4 Å². The summed E-state index contributed by atoms with van der Waals surface area (Å²) in [5.41, 5.74) is 1.83. The van der Waals surface area contributed by atoms with Gasteiger partial charge in [0.05, 0.1) is 0 Å². The molecule has 1 aliphatic rings. The fourth-order valence-corrected chi connectivity index (χ4v) is 2.60. The van der Waals surface area contributed by atoms with E-state index in [1.807, 2.05) is 30.3 Å². The molecule has 1 fully saturated rings. The smallest absolute Gasteiger partial charge is 0.163 e. The fraction of sp³-hybridized carbons (Fsp3) is 0.167. The molecule has 0 radical (unpaired) electrons.